The van der Waals surface area contributed by atoms with Crippen molar-refractivity contribution in [1.29, 1.82) is 0 Å². The molecule has 1 aromatic rings. The first kappa shape index (κ1) is 12.4. The van der Waals surface area contributed by atoms with Crippen LogP contribution in [0.15, 0.2) is 18.2 Å². The lowest BCUT2D eigenvalue weighted by Gasteiger charge is -2.14. The lowest BCUT2D eigenvalue weighted by molar-refractivity contribution is 0.283. The number of fused-ring (bicyclic) bond motifs is 1. The van der Waals surface area contributed by atoms with Gasteiger partial charge >= 0.3 is 0 Å². The molecule has 0 spiro atoms. The second kappa shape index (κ2) is 6.03. The Labute approximate surface area is 103 Å². The molecule has 1 aromatic carbocycles. The van der Waals surface area contributed by atoms with Gasteiger partial charge in [-0.05, 0) is 49.9 Å². The molecule has 0 radical (unpaired) electrons. The number of aliphatic hydroxyl groups is 1. The minimum absolute atomic E-state index is 0.268. The Bertz CT molecular complexity index is 365. The topological polar surface area (TPSA) is 44.3 Å². The van der Waals surface area contributed by atoms with Gasteiger partial charge in [0, 0.05) is 24.9 Å². The fourth-order valence-corrected chi connectivity index (χ4v) is 2.34. The van der Waals surface area contributed by atoms with E-state index in [1.807, 2.05) is 0 Å². The first-order valence-electron chi connectivity index (χ1n) is 6.49. The number of hydrogen-bond donors (Lipinski definition) is 3. The van der Waals surface area contributed by atoms with Crippen molar-refractivity contribution < 1.29 is 5.11 Å². The molecule has 3 heteroatoms. The van der Waals surface area contributed by atoms with Gasteiger partial charge in [0.2, 0.25) is 0 Å². The van der Waals surface area contributed by atoms with Gasteiger partial charge in [-0.15, -0.1) is 0 Å². The molecule has 1 heterocycles. The van der Waals surface area contributed by atoms with Crippen LogP contribution in [-0.2, 0) is 12.8 Å². The molecule has 1 atom stereocenters. The monoisotopic (exact) mass is 234 g/mol. The van der Waals surface area contributed by atoms with Crippen molar-refractivity contribution in [3.05, 3.63) is 29.3 Å². The summed E-state index contributed by atoms with van der Waals surface area (Å²) in [6, 6.07) is 7.19. The van der Waals surface area contributed by atoms with E-state index in [1.54, 1.807) is 0 Å². The lowest BCUT2D eigenvalue weighted by Crippen LogP contribution is -2.29. The number of hydrogen-bond acceptors (Lipinski definition) is 3. The molecular weight excluding hydrogens is 212 g/mol. The summed E-state index contributed by atoms with van der Waals surface area (Å²) in [6.07, 6.45) is 3.03. The van der Waals surface area contributed by atoms with Crippen molar-refractivity contribution in [2.75, 3.05) is 25.0 Å². The Hall–Kier alpha value is -1.06. The minimum Gasteiger partial charge on any atom is -0.396 e. The van der Waals surface area contributed by atoms with E-state index < -0.39 is 0 Å². The van der Waals surface area contributed by atoms with Crippen LogP contribution < -0.4 is 10.6 Å². The number of aliphatic hydroxyl groups excluding tert-OH is 1. The first-order chi connectivity index (χ1) is 8.29. The van der Waals surface area contributed by atoms with Gasteiger partial charge in [0.15, 0.2) is 0 Å². The van der Waals surface area contributed by atoms with Crippen LogP contribution >= 0.6 is 0 Å². The quantitative estimate of drug-likeness (QED) is 0.654. The highest BCUT2D eigenvalue weighted by atomic mass is 16.3. The molecule has 1 aliphatic heterocycles. The summed E-state index contributed by atoms with van der Waals surface area (Å²) in [4.78, 5) is 0. The molecule has 0 fully saturated rings. The van der Waals surface area contributed by atoms with Gasteiger partial charge < -0.3 is 15.7 Å². The fraction of sp³-hybridized carbons (Fsp3) is 0.571. The van der Waals surface area contributed by atoms with Crippen LogP contribution in [0.25, 0.3) is 0 Å². The van der Waals surface area contributed by atoms with Crippen LogP contribution in [0, 0.1) is 0 Å². The summed E-state index contributed by atoms with van der Waals surface area (Å²) in [5.74, 6) is 0. The Kier molecular flexibility index (Phi) is 4.40. The van der Waals surface area contributed by atoms with Gasteiger partial charge in [-0.3, -0.25) is 0 Å². The molecule has 1 aliphatic rings. The van der Waals surface area contributed by atoms with E-state index in [0.717, 1.165) is 32.4 Å². The SMILES string of the molecule is CC(Cc1ccc2c(c1)CCN2)NCCCO. The highest BCUT2D eigenvalue weighted by Crippen LogP contribution is 2.23. The van der Waals surface area contributed by atoms with E-state index in [0.29, 0.717) is 6.04 Å². The van der Waals surface area contributed by atoms with Gasteiger partial charge in [0.05, 0.1) is 0 Å². The summed E-state index contributed by atoms with van der Waals surface area (Å²) in [5.41, 5.74) is 4.15. The average molecular weight is 234 g/mol. The molecule has 0 saturated heterocycles. The number of rotatable bonds is 6. The van der Waals surface area contributed by atoms with Crippen LogP contribution in [0.4, 0.5) is 5.69 Å². The largest absolute Gasteiger partial charge is 0.396 e. The summed E-state index contributed by atoms with van der Waals surface area (Å²) in [7, 11) is 0. The second-order valence-electron chi connectivity index (χ2n) is 4.80. The number of benzene rings is 1. The molecule has 0 amide bonds. The van der Waals surface area contributed by atoms with E-state index in [4.69, 9.17) is 5.11 Å². The van der Waals surface area contributed by atoms with E-state index >= 15 is 0 Å². The van der Waals surface area contributed by atoms with Crippen molar-refractivity contribution in [3.8, 4) is 0 Å². The molecule has 3 nitrogen and oxygen atoms in total. The summed E-state index contributed by atoms with van der Waals surface area (Å²) < 4.78 is 0. The zero-order valence-corrected chi connectivity index (χ0v) is 10.5. The van der Waals surface area contributed by atoms with Crippen LogP contribution in [0.2, 0.25) is 0 Å². The summed E-state index contributed by atoms with van der Waals surface area (Å²) in [6.45, 7) is 4.43. The normalized spacial score (nSPS) is 15.4. The van der Waals surface area contributed by atoms with Gasteiger partial charge in [-0.25, -0.2) is 0 Å². The average Bonchev–Trinajstić information content (AvgIpc) is 2.76. The molecule has 0 bridgehead atoms. The van der Waals surface area contributed by atoms with E-state index in [-0.39, 0.29) is 6.61 Å². The van der Waals surface area contributed by atoms with E-state index in [1.165, 1.54) is 16.8 Å². The Balaban J connectivity index is 1.86. The van der Waals surface area contributed by atoms with Crippen molar-refractivity contribution in [2.45, 2.75) is 32.2 Å². The van der Waals surface area contributed by atoms with Crippen LogP contribution in [0.5, 0.6) is 0 Å². The maximum absolute atomic E-state index is 8.73. The summed E-state index contributed by atoms with van der Waals surface area (Å²) >= 11 is 0. The molecule has 3 N–H and O–H groups in total. The standard InChI is InChI=1S/C14H22N2O/c1-11(15-6-2-8-17)9-12-3-4-14-13(10-12)5-7-16-14/h3-4,10-11,15-17H,2,5-9H2,1H3. The maximum Gasteiger partial charge on any atom is 0.0443 e. The predicted octanol–water partition coefficient (Wildman–Crippen LogP) is 1.56. The first-order valence-corrected chi connectivity index (χ1v) is 6.49. The van der Waals surface area contributed by atoms with E-state index in [9.17, 15) is 0 Å². The van der Waals surface area contributed by atoms with Crippen LogP contribution in [0.1, 0.15) is 24.5 Å². The van der Waals surface area contributed by atoms with Crippen LogP contribution in [0.3, 0.4) is 0 Å². The molecule has 17 heavy (non-hydrogen) atoms. The second-order valence-corrected chi connectivity index (χ2v) is 4.80. The Morgan fingerprint density at radius 2 is 2.35 bits per heavy atom. The van der Waals surface area contributed by atoms with Gasteiger partial charge in [0.25, 0.3) is 0 Å². The number of nitrogens with one attached hydrogen (secondary N) is 2. The highest BCUT2D eigenvalue weighted by molar-refractivity contribution is 5.56. The molecule has 0 saturated carbocycles. The zero-order valence-electron chi connectivity index (χ0n) is 10.5. The third-order valence-electron chi connectivity index (χ3n) is 3.25. The van der Waals surface area contributed by atoms with Crippen molar-refractivity contribution in [1.82, 2.24) is 5.32 Å². The zero-order chi connectivity index (χ0) is 12.1. The Morgan fingerprint density at radius 3 is 3.18 bits per heavy atom. The summed E-state index contributed by atoms with van der Waals surface area (Å²) in [5, 5.41) is 15.5. The van der Waals surface area contributed by atoms with Gasteiger partial charge in [-0.2, -0.15) is 0 Å². The molecule has 0 aromatic heterocycles. The maximum atomic E-state index is 8.73. The van der Waals surface area contributed by atoms with Crippen LogP contribution in [-0.4, -0.2) is 30.8 Å². The molecule has 1 unspecified atom stereocenters. The highest BCUT2D eigenvalue weighted by Gasteiger charge is 2.11. The smallest absolute Gasteiger partial charge is 0.0443 e. The van der Waals surface area contributed by atoms with Crippen molar-refractivity contribution in [3.63, 3.8) is 0 Å². The molecule has 2 rings (SSSR count). The molecular formula is C14H22N2O. The van der Waals surface area contributed by atoms with Crippen molar-refractivity contribution >= 4 is 5.69 Å². The third kappa shape index (κ3) is 3.45. The molecule has 0 aliphatic carbocycles. The minimum atomic E-state index is 0.268. The third-order valence-corrected chi connectivity index (χ3v) is 3.25. The molecule has 94 valence electrons. The lowest BCUT2D eigenvalue weighted by atomic mass is 10.0. The van der Waals surface area contributed by atoms with E-state index in [2.05, 4.69) is 35.8 Å². The number of anilines is 1. The van der Waals surface area contributed by atoms with Gasteiger partial charge in [-0.1, -0.05) is 12.1 Å². The fourth-order valence-electron chi connectivity index (χ4n) is 2.34. The van der Waals surface area contributed by atoms with Gasteiger partial charge in [0.1, 0.15) is 0 Å². The van der Waals surface area contributed by atoms with Crippen molar-refractivity contribution in [2.24, 2.45) is 0 Å². The predicted molar refractivity (Wildman–Crippen MR) is 71.5 cm³/mol. The Morgan fingerprint density at radius 1 is 1.47 bits per heavy atom.